The van der Waals surface area contributed by atoms with Crippen LogP contribution in [0.1, 0.15) is 28.4 Å². The average Bonchev–Trinajstić information content (AvgIpc) is 2.63. The number of para-hydroxylation sites is 1. The number of carbonyl (C=O) groups excluding carboxylic acids is 3. The molecule has 2 aromatic rings. The minimum Gasteiger partial charge on any atom is -0.481 e. The highest BCUT2D eigenvalue weighted by Gasteiger charge is 2.19. The van der Waals surface area contributed by atoms with Gasteiger partial charge in [0.25, 0.3) is 11.8 Å². The van der Waals surface area contributed by atoms with Crippen molar-refractivity contribution in [3.8, 4) is 5.75 Å². The Morgan fingerprint density at radius 2 is 1.81 bits per heavy atom. The molecule has 0 aliphatic heterocycles. The van der Waals surface area contributed by atoms with Gasteiger partial charge in [0.15, 0.2) is 12.7 Å². The fourth-order valence-electron chi connectivity index (χ4n) is 2.32. The van der Waals surface area contributed by atoms with Crippen molar-refractivity contribution >= 4 is 23.5 Å². The van der Waals surface area contributed by atoms with E-state index in [0.717, 1.165) is 11.1 Å². The fraction of sp³-hybridized carbons (Fsp3) is 0.250. The second-order valence-electron chi connectivity index (χ2n) is 6.09. The lowest BCUT2D eigenvalue weighted by Crippen LogP contribution is -2.32. The Bertz CT molecular complexity index is 863. The second kappa shape index (κ2) is 8.84. The first-order chi connectivity index (χ1) is 12.8. The Labute approximate surface area is 157 Å². The molecule has 0 radical (unpaired) electrons. The smallest absolute Gasteiger partial charge is 0.344 e. The number of nitrogens with two attached hydrogens (primary N) is 1. The number of esters is 1. The Kier molecular flexibility index (Phi) is 6.54. The molecule has 1 atom stereocenters. The van der Waals surface area contributed by atoms with Crippen LogP contribution in [0.5, 0.6) is 5.75 Å². The van der Waals surface area contributed by atoms with Gasteiger partial charge < -0.3 is 20.5 Å². The van der Waals surface area contributed by atoms with Crippen LogP contribution >= 0.6 is 0 Å². The third-order valence-electron chi connectivity index (χ3n) is 3.83. The third kappa shape index (κ3) is 5.57. The Balaban J connectivity index is 1.91. The Morgan fingerprint density at radius 3 is 2.52 bits per heavy atom. The van der Waals surface area contributed by atoms with Crippen LogP contribution in [0.15, 0.2) is 42.5 Å². The molecule has 3 N–H and O–H groups in total. The third-order valence-corrected chi connectivity index (χ3v) is 3.83. The van der Waals surface area contributed by atoms with Crippen molar-refractivity contribution in [3.05, 3.63) is 59.2 Å². The number of hydrogen-bond acceptors (Lipinski definition) is 5. The summed E-state index contributed by atoms with van der Waals surface area (Å²) in [5, 5.41) is 2.74. The number of carbonyl (C=O) groups is 3. The van der Waals surface area contributed by atoms with Gasteiger partial charge in [0.1, 0.15) is 5.75 Å². The van der Waals surface area contributed by atoms with E-state index in [1.165, 1.54) is 19.1 Å². The highest BCUT2D eigenvalue weighted by Crippen LogP contribution is 2.18. The molecule has 27 heavy (non-hydrogen) atoms. The van der Waals surface area contributed by atoms with Crippen LogP contribution in [0, 0.1) is 13.8 Å². The molecule has 0 aromatic heterocycles. The molecule has 2 aromatic carbocycles. The van der Waals surface area contributed by atoms with Gasteiger partial charge in [0.2, 0.25) is 0 Å². The van der Waals surface area contributed by atoms with E-state index in [9.17, 15) is 14.4 Å². The van der Waals surface area contributed by atoms with Crippen molar-refractivity contribution in [2.45, 2.75) is 26.9 Å². The number of amides is 2. The summed E-state index contributed by atoms with van der Waals surface area (Å²) in [6, 6.07) is 12.0. The minimum absolute atomic E-state index is 0.158. The molecule has 7 heteroatoms. The molecule has 0 saturated carbocycles. The summed E-state index contributed by atoms with van der Waals surface area (Å²) in [5.74, 6) is -1.68. The number of rotatable bonds is 7. The van der Waals surface area contributed by atoms with Gasteiger partial charge in [-0.15, -0.1) is 0 Å². The van der Waals surface area contributed by atoms with Crippen molar-refractivity contribution in [2.24, 2.45) is 5.73 Å². The van der Waals surface area contributed by atoms with Crippen molar-refractivity contribution in [2.75, 3.05) is 11.9 Å². The van der Waals surface area contributed by atoms with E-state index in [-0.39, 0.29) is 11.3 Å². The molecule has 0 spiro atoms. The molecule has 2 amide bonds. The number of ether oxygens (including phenoxy) is 2. The molecule has 0 aliphatic carbocycles. The molecular weight excluding hydrogens is 348 g/mol. The zero-order chi connectivity index (χ0) is 20.0. The monoisotopic (exact) mass is 370 g/mol. The first-order valence-electron chi connectivity index (χ1n) is 8.37. The number of primary amides is 1. The van der Waals surface area contributed by atoms with Crippen molar-refractivity contribution < 1.29 is 23.9 Å². The maximum absolute atomic E-state index is 12.2. The lowest BCUT2D eigenvalue weighted by atomic mass is 10.1. The summed E-state index contributed by atoms with van der Waals surface area (Å²) in [4.78, 5) is 35.5. The van der Waals surface area contributed by atoms with Gasteiger partial charge in [-0.05, 0) is 50.1 Å². The minimum atomic E-state index is -1.01. The summed E-state index contributed by atoms with van der Waals surface area (Å²) in [6.45, 7) is 4.80. The van der Waals surface area contributed by atoms with E-state index in [4.69, 9.17) is 15.2 Å². The largest absolute Gasteiger partial charge is 0.481 e. The lowest BCUT2D eigenvalue weighted by Gasteiger charge is -2.15. The first-order valence-corrected chi connectivity index (χ1v) is 8.37. The molecule has 142 valence electrons. The van der Waals surface area contributed by atoms with Gasteiger partial charge in [-0.1, -0.05) is 24.3 Å². The van der Waals surface area contributed by atoms with Crippen LogP contribution in [-0.2, 0) is 14.3 Å². The van der Waals surface area contributed by atoms with Crippen LogP contribution in [0.25, 0.3) is 0 Å². The molecule has 0 aliphatic rings. The van der Waals surface area contributed by atoms with E-state index in [1.807, 2.05) is 32.0 Å². The summed E-state index contributed by atoms with van der Waals surface area (Å²) >= 11 is 0. The number of benzene rings is 2. The van der Waals surface area contributed by atoms with Gasteiger partial charge in [0.05, 0.1) is 5.56 Å². The molecule has 2 rings (SSSR count). The maximum atomic E-state index is 12.2. The average molecular weight is 370 g/mol. The summed E-state index contributed by atoms with van der Waals surface area (Å²) in [5.41, 5.74) is 7.97. The van der Waals surface area contributed by atoms with Crippen molar-refractivity contribution in [1.82, 2.24) is 0 Å². The molecule has 0 heterocycles. The maximum Gasteiger partial charge on any atom is 0.344 e. The van der Waals surface area contributed by atoms with Gasteiger partial charge in [-0.25, -0.2) is 4.79 Å². The number of anilines is 1. The Morgan fingerprint density at radius 1 is 1.11 bits per heavy atom. The molecule has 0 fully saturated rings. The van der Waals surface area contributed by atoms with Crippen LogP contribution in [0.4, 0.5) is 5.69 Å². The van der Waals surface area contributed by atoms with Crippen LogP contribution in [-0.4, -0.2) is 30.5 Å². The zero-order valence-corrected chi connectivity index (χ0v) is 15.4. The Hall–Kier alpha value is -3.35. The quantitative estimate of drug-likeness (QED) is 0.728. The lowest BCUT2D eigenvalue weighted by molar-refractivity contribution is -0.155. The van der Waals surface area contributed by atoms with Gasteiger partial charge in [-0.3, -0.25) is 9.59 Å². The van der Waals surface area contributed by atoms with E-state index >= 15 is 0 Å². The predicted octanol–water partition coefficient (Wildman–Crippen LogP) is 2.35. The van der Waals surface area contributed by atoms with Crippen LogP contribution in [0.2, 0.25) is 0 Å². The number of hydrogen-bond donors (Lipinski definition) is 2. The van der Waals surface area contributed by atoms with Gasteiger partial charge >= 0.3 is 5.97 Å². The predicted molar refractivity (Wildman–Crippen MR) is 101 cm³/mol. The summed E-state index contributed by atoms with van der Waals surface area (Å²) in [7, 11) is 0. The number of aryl methyl sites for hydroxylation is 2. The number of nitrogens with one attached hydrogen (secondary N) is 1. The highest BCUT2D eigenvalue weighted by molar-refractivity contribution is 5.96. The van der Waals surface area contributed by atoms with Gasteiger partial charge in [-0.2, -0.15) is 0 Å². The molecule has 7 nitrogen and oxygen atoms in total. The topological polar surface area (TPSA) is 108 Å². The molecular formula is C20H22N2O5. The van der Waals surface area contributed by atoms with Crippen molar-refractivity contribution in [3.63, 3.8) is 0 Å². The second-order valence-corrected chi connectivity index (χ2v) is 6.09. The zero-order valence-electron chi connectivity index (χ0n) is 15.4. The van der Waals surface area contributed by atoms with Gasteiger partial charge in [0, 0.05) is 5.69 Å². The summed E-state index contributed by atoms with van der Waals surface area (Å²) < 4.78 is 10.4. The van der Waals surface area contributed by atoms with E-state index in [1.54, 1.807) is 12.1 Å². The molecule has 0 unspecified atom stereocenters. The standard InChI is InChI=1S/C20H22N2O5/c1-12-8-9-13(2)16(10-12)22-20(25)14(3)27-18(23)11-26-17-7-5-4-6-15(17)19(21)24/h4-10,14H,11H2,1-3H3,(H2,21,24)(H,22,25)/t14-/m0/s1. The highest BCUT2D eigenvalue weighted by atomic mass is 16.6. The van der Waals surface area contributed by atoms with E-state index < -0.39 is 30.5 Å². The fourth-order valence-corrected chi connectivity index (χ4v) is 2.32. The van der Waals surface area contributed by atoms with E-state index in [0.29, 0.717) is 5.69 Å². The van der Waals surface area contributed by atoms with Crippen LogP contribution in [0.3, 0.4) is 0 Å². The molecule has 0 saturated heterocycles. The van der Waals surface area contributed by atoms with E-state index in [2.05, 4.69) is 5.32 Å². The molecule has 0 bridgehead atoms. The van der Waals surface area contributed by atoms with Crippen molar-refractivity contribution in [1.29, 1.82) is 0 Å². The van der Waals surface area contributed by atoms with Crippen LogP contribution < -0.4 is 15.8 Å². The normalized spacial score (nSPS) is 11.4. The first kappa shape index (κ1) is 20.0. The summed E-state index contributed by atoms with van der Waals surface area (Å²) in [6.07, 6.45) is -1.01. The SMILES string of the molecule is Cc1ccc(C)c(NC(=O)[C@H](C)OC(=O)COc2ccccc2C(N)=O)c1.